The Kier molecular flexibility index (Phi) is 2.90. The van der Waals surface area contributed by atoms with Gasteiger partial charge in [-0.1, -0.05) is 35.4 Å². The molecule has 2 heteroatoms. The number of aliphatic hydroxyl groups excluding tert-OH is 1. The second-order valence-electron chi connectivity index (χ2n) is 2.71. The van der Waals surface area contributed by atoms with Gasteiger partial charge in [0.2, 0.25) is 0 Å². The zero-order chi connectivity index (χ0) is 9.14. The lowest BCUT2D eigenvalue weighted by Crippen LogP contribution is -1.94. The minimum Gasteiger partial charge on any atom is -0.384 e. The molecular weight excluding hydrogens is 172 g/mol. The molecule has 0 aliphatic heterocycles. The fraction of sp³-hybridized carbons (Fsp3) is 0.200. The number of aryl methyl sites for hydroxylation is 1. The Hall–Kier alpha value is -0.790. The smallest absolute Gasteiger partial charge is 0.0983 e. The van der Waals surface area contributed by atoms with Crippen molar-refractivity contribution in [3.8, 4) is 0 Å². The average molecular weight is 183 g/mol. The predicted octanol–water partition coefficient (Wildman–Crippen LogP) is 2.87. The molecule has 0 spiro atoms. The highest BCUT2D eigenvalue weighted by Crippen LogP contribution is 2.24. The molecule has 1 aromatic rings. The van der Waals surface area contributed by atoms with E-state index in [-0.39, 0.29) is 0 Å². The largest absolute Gasteiger partial charge is 0.384 e. The summed E-state index contributed by atoms with van der Waals surface area (Å²) in [5, 5.41) is 10.0. The molecule has 1 unspecified atom stereocenters. The van der Waals surface area contributed by atoms with Crippen molar-refractivity contribution < 1.29 is 5.11 Å². The first-order valence-corrected chi connectivity index (χ1v) is 4.09. The topological polar surface area (TPSA) is 20.2 Å². The number of halogens is 1. The quantitative estimate of drug-likeness (QED) is 0.698. The second kappa shape index (κ2) is 3.74. The first-order valence-electron chi connectivity index (χ1n) is 3.72. The third kappa shape index (κ3) is 1.87. The second-order valence-corrected chi connectivity index (χ2v) is 3.11. The number of rotatable bonds is 2. The van der Waals surface area contributed by atoms with E-state index in [0.717, 1.165) is 5.56 Å². The van der Waals surface area contributed by atoms with Gasteiger partial charge in [0.1, 0.15) is 0 Å². The van der Waals surface area contributed by atoms with Crippen LogP contribution in [0.25, 0.3) is 0 Å². The lowest BCUT2D eigenvalue weighted by Gasteiger charge is -2.08. The first-order chi connectivity index (χ1) is 5.65. The molecule has 1 nitrogen and oxygen atoms in total. The van der Waals surface area contributed by atoms with Gasteiger partial charge in [-0.05, 0) is 13.0 Å². The summed E-state index contributed by atoms with van der Waals surface area (Å²) in [5.41, 5.74) is 1.79. The van der Waals surface area contributed by atoms with Gasteiger partial charge in [-0.25, -0.2) is 0 Å². The summed E-state index contributed by atoms with van der Waals surface area (Å²) in [6.07, 6.45) is 0.790. The Labute approximate surface area is 77.3 Å². The highest BCUT2D eigenvalue weighted by atomic mass is 35.5. The average Bonchev–Trinajstić information content (AvgIpc) is 2.08. The molecule has 0 aliphatic carbocycles. The van der Waals surface area contributed by atoms with E-state index in [2.05, 4.69) is 6.58 Å². The van der Waals surface area contributed by atoms with Crippen LogP contribution in [0, 0.1) is 6.92 Å². The van der Waals surface area contributed by atoms with Crippen LogP contribution in [0.4, 0.5) is 0 Å². The lowest BCUT2D eigenvalue weighted by atomic mass is 10.1. The van der Waals surface area contributed by atoms with Crippen LogP contribution in [0.1, 0.15) is 17.2 Å². The molecule has 0 heterocycles. The van der Waals surface area contributed by atoms with Gasteiger partial charge in [0, 0.05) is 10.6 Å². The third-order valence-electron chi connectivity index (χ3n) is 1.69. The van der Waals surface area contributed by atoms with Crippen LogP contribution in [0.5, 0.6) is 0 Å². The number of hydrogen-bond acceptors (Lipinski definition) is 1. The van der Waals surface area contributed by atoms with Crippen molar-refractivity contribution >= 4 is 11.6 Å². The maximum Gasteiger partial charge on any atom is 0.0983 e. The van der Waals surface area contributed by atoms with Gasteiger partial charge in [-0.2, -0.15) is 0 Å². The van der Waals surface area contributed by atoms with E-state index >= 15 is 0 Å². The summed E-state index contributed by atoms with van der Waals surface area (Å²) in [6, 6.07) is 5.54. The van der Waals surface area contributed by atoms with Gasteiger partial charge in [-0.15, -0.1) is 6.58 Å². The van der Waals surface area contributed by atoms with Crippen LogP contribution in [-0.4, -0.2) is 5.11 Å². The van der Waals surface area contributed by atoms with Crippen LogP contribution in [0.3, 0.4) is 0 Å². The van der Waals surface area contributed by atoms with Crippen LogP contribution < -0.4 is 0 Å². The summed E-state index contributed by atoms with van der Waals surface area (Å²) in [7, 11) is 0. The van der Waals surface area contributed by atoms with Gasteiger partial charge in [0.25, 0.3) is 0 Å². The lowest BCUT2D eigenvalue weighted by molar-refractivity contribution is 0.229. The molecule has 0 saturated heterocycles. The van der Waals surface area contributed by atoms with Crippen LogP contribution in [-0.2, 0) is 0 Å². The molecule has 1 N–H and O–H groups in total. The van der Waals surface area contributed by atoms with Crippen molar-refractivity contribution in [2.45, 2.75) is 13.0 Å². The highest BCUT2D eigenvalue weighted by Gasteiger charge is 2.06. The first kappa shape index (κ1) is 9.30. The predicted molar refractivity (Wildman–Crippen MR) is 51.3 cm³/mol. The summed E-state index contributed by atoms with van der Waals surface area (Å²) in [5.74, 6) is 0. The molecule has 0 radical (unpaired) electrons. The minimum atomic E-state index is -0.669. The number of benzene rings is 1. The zero-order valence-electron chi connectivity index (χ0n) is 6.92. The highest BCUT2D eigenvalue weighted by molar-refractivity contribution is 6.31. The fourth-order valence-electron chi connectivity index (χ4n) is 1.02. The van der Waals surface area contributed by atoms with Gasteiger partial charge in [-0.3, -0.25) is 0 Å². The van der Waals surface area contributed by atoms with Crippen molar-refractivity contribution in [3.63, 3.8) is 0 Å². The molecule has 0 bridgehead atoms. The van der Waals surface area contributed by atoms with E-state index in [4.69, 9.17) is 11.6 Å². The Bertz CT molecular complexity index is 294. The van der Waals surface area contributed by atoms with E-state index < -0.39 is 6.10 Å². The normalized spacial score (nSPS) is 12.6. The summed E-state index contributed by atoms with van der Waals surface area (Å²) in [4.78, 5) is 0. The SMILES string of the molecule is C=CC(O)c1cc(C)ccc1Cl. The molecule has 0 aromatic heterocycles. The van der Waals surface area contributed by atoms with Crippen molar-refractivity contribution in [1.82, 2.24) is 0 Å². The molecule has 0 fully saturated rings. The summed E-state index contributed by atoms with van der Waals surface area (Å²) >= 11 is 5.86. The van der Waals surface area contributed by atoms with E-state index in [1.165, 1.54) is 6.08 Å². The molecule has 0 saturated carbocycles. The molecule has 0 amide bonds. The van der Waals surface area contributed by atoms with Crippen LogP contribution in [0.15, 0.2) is 30.9 Å². The van der Waals surface area contributed by atoms with E-state index in [9.17, 15) is 5.11 Å². The maximum absolute atomic E-state index is 9.43. The zero-order valence-corrected chi connectivity index (χ0v) is 7.67. The van der Waals surface area contributed by atoms with Crippen molar-refractivity contribution in [2.24, 2.45) is 0 Å². The minimum absolute atomic E-state index is 0.577. The molecule has 12 heavy (non-hydrogen) atoms. The molecular formula is C10H11ClO. The van der Waals surface area contributed by atoms with Gasteiger partial charge in [0.15, 0.2) is 0 Å². The Morgan fingerprint density at radius 2 is 2.25 bits per heavy atom. The maximum atomic E-state index is 9.43. The Balaban J connectivity index is 3.12. The van der Waals surface area contributed by atoms with E-state index in [1.807, 2.05) is 19.1 Å². The fourth-order valence-corrected chi connectivity index (χ4v) is 1.25. The molecule has 1 atom stereocenters. The number of aliphatic hydroxyl groups is 1. The third-order valence-corrected chi connectivity index (χ3v) is 2.04. The summed E-state index contributed by atoms with van der Waals surface area (Å²) in [6.45, 7) is 5.45. The van der Waals surface area contributed by atoms with E-state index in [1.54, 1.807) is 6.07 Å². The molecule has 0 aliphatic rings. The van der Waals surface area contributed by atoms with Crippen LogP contribution in [0.2, 0.25) is 5.02 Å². The Morgan fingerprint density at radius 3 is 2.83 bits per heavy atom. The summed E-state index contributed by atoms with van der Waals surface area (Å²) < 4.78 is 0. The van der Waals surface area contributed by atoms with Gasteiger partial charge >= 0.3 is 0 Å². The Morgan fingerprint density at radius 1 is 1.58 bits per heavy atom. The molecule has 64 valence electrons. The standard InChI is InChI=1S/C10H11ClO/c1-3-10(12)8-6-7(2)4-5-9(8)11/h3-6,10,12H,1H2,2H3. The van der Waals surface area contributed by atoms with Crippen molar-refractivity contribution in [3.05, 3.63) is 47.0 Å². The number of hydrogen-bond donors (Lipinski definition) is 1. The van der Waals surface area contributed by atoms with Gasteiger partial charge < -0.3 is 5.11 Å². The van der Waals surface area contributed by atoms with Gasteiger partial charge in [0.05, 0.1) is 6.10 Å². The van der Waals surface area contributed by atoms with E-state index in [0.29, 0.717) is 10.6 Å². The van der Waals surface area contributed by atoms with Crippen LogP contribution >= 0.6 is 11.6 Å². The molecule has 1 rings (SSSR count). The van der Waals surface area contributed by atoms with Crippen molar-refractivity contribution in [1.29, 1.82) is 0 Å². The van der Waals surface area contributed by atoms with Crippen molar-refractivity contribution in [2.75, 3.05) is 0 Å². The monoisotopic (exact) mass is 182 g/mol. The molecule has 1 aromatic carbocycles.